The Hall–Kier alpha value is -3.41. The Morgan fingerprint density at radius 2 is 0.470 bits per heavy atom. The van der Waals surface area contributed by atoms with Crippen LogP contribution in [0.25, 0.3) is 0 Å². The first-order valence-electron chi connectivity index (χ1n) is 36.1. The van der Waals surface area contributed by atoms with E-state index in [0.717, 1.165) is 116 Å². The van der Waals surface area contributed by atoms with E-state index in [0.29, 0.717) is 19.3 Å². The second-order valence-corrected chi connectivity index (χ2v) is 24.1. The normalized spacial score (nSPS) is 12.6. The number of carbonyl (C=O) groups is 3. The molecule has 6 heteroatoms. The number of esters is 3. The smallest absolute Gasteiger partial charge is 0.306 e. The zero-order valence-electron chi connectivity index (χ0n) is 55.2. The third-order valence-electron chi connectivity index (χ3n) is 15.9. The van der Waals surface area contributed by atoms with E-state index < -0.39 is 6.10 Å². The molecule has 0 spiro atoms. The lowest BCUT2D eigenvalue weighted by Gasteiger charge is -2.18. The Kier molecular flexibility index (Phi) is 68.2. The van der Waals surface area contributed by atoms with Gasteiger partial charge in [-0.05, 0) is 96.3 Å². The van der Waals surface area contributed by atoms with Crippen molar-refractivity contribution in [3.63, 3.8) is 0 Å². The highest BCUT2D eigenvalue weighted by Crippen LogP contribution is 2.18. The third-order valence-corrected chi connectivity index (χ3v) is 15.9. The van der Waals surface area contributed by atoms with Crippen LogP contribution < -0.4 is 0 Å². The van der Waals surface area contributed by atoms with Gasteiger partial charge in [0.2, 0.25) is 0 Å². The standard InChI is InChI=1S/C77H136O6/c1-4-7-10-13-16-19-22-25-28-31-34-37-38-41-43-46-49-52-55-58-61-64-67-70-76(79)82-73-74(83-77(80)71-68-65-62-59-56-53-50-47-44-40-36-33-30-27-24-21-18-15-12-9-6-3)72-81-75(78)69-66-63-60-57-54-51-48-45-42-39-35-32-29-26-23-20-17-14-11-8-5-2/h9,12,18,21-22,25,27,30-31,34,36,40,47,50,74H,4-8,10-11,13-17,19-20,23-24,26,28-29,32-33,35,37-39,41-46,48-49,51-73H2,1-3H3/b12-9-,21-18-,25-22-,30-27-,34-31-,40-36-,50-47-. The minimum Gasteiger partial charge on any atom is -0.462 e. The SMILES string of the molecule is CC/C=C\C/C=C\C/C=C\C/C=C\C/C=C\CCCCCCCC(=O)OC(COC(=O)CCCCCCCCCCCCC/C=C\C/C=C\CCCCCCC)COC(=O)CCCCCCCCCCCCCCCCCCCCCCC. The summed E-state index contributed by atoms with van der Waals surface area (Å²) in [5.41, 5.74) is 0. The number of allylic oxidation sites excluding steroid dienone is 14. The molecule has 480 valence electrons. The summed E-state index contributed by atoms with van der Waals surface area (Å²) < 4.78 is 17.0. The molecular weight excluding hydrogens is 1020 g/mol. The molecule has 6 nitrogen and oxygen atoms in total. The van der Waals surface area contributed by atoms with Crippen molar-refractivity contribution in [3.8, 4) is 0 Å². The van der Waals surface area contributed by atoms with E-state index in [9.17, 15) is 14.4 Å². The lowest BCUT2D eigenvalue weighted by Crippen LogP contribution is -2.30. The lowest BCUT2D eigenvalue weighted by atomic mass is 10.0. The van der Waals surface area contributed by atoms with Crippen LogP contribution in [-0.4, -0.2) is 37.2 Å². The second-order valence-electron chi connectivity index (χ2n) is 24.1. The van der Waals surface area contributed by atoms with E-state index in [2.05, 4.69) is 106 Å². The van der Waals surface area contributed by atoms with Gasteiger partial charge in [-0.1, -0.05) is 337 Å². The highest BCUT2D eigenvalue weighted by atomic mass is 16.6. The Bertz CT molecular complexity index is 1570. The molecule has 1 unspecified atom stereocenters. The van der Waals surface area contributed by atoms with Crippen LogP contribution in [0.3, 0.4) is 0 Å². The Labute approximate surface area is 515 Å². The maximum Gasteiger partial charge on any atom is 0.306 e. The van der Waals surface area contributed by atoms with Crippen molar-refractivity contribution in [1.82, 2.24) is 0 Å². The van der Waals surface area contributed by atoms with Gasteiger partial charge in [-0.3, -0.25) is 14.4 Å². The summed E-state index contributed by atoms with van der Waals surface area (Å²) in [7, 11) is 0. The molecule has 0 rings (SSSR count). The van der Waals surface area contributed by atoms with Crippen molar-refractivity contribution < 1.29 is 28.6 Å². The molecule has 0 aliphatic carbocycles. The topological polar surface area (TPSA) is 78.9 Å². The van der Waals surface area contributed by atoms with Crippen LogP contribution in [0.2, 0.25) is 0 Å². The van der Waals surface area contributed by atoms with Crippen molar-refractivity contribution in [3.05, 3.63) is 85.1 Å². The van der Waals surface area contributed by atoms with Crippen LogP contribution in [0.1, 0.15) is 367 Å². The molecule has 0 aliphatic heterocycles. The van der Waals surface area contributed by atoms with E-state index in [1.807, 2.05) is 0 Å². The molecule has 0 aromatic rings. The number of rotatable bonds is 66. The second kappa shape index (κ2) is 71.1. The summed E-state index contributed by atoms with van der Waals surface area (Å²) in [5, 5.41) is 0. The third kappa shape index (κ3) is 69.3. The molecule has 0 aromatic heterocycles. The summed E-state index contributed by atoms with van der Waals surface area (Å²) in [4.78, 5) is 38.5. The predicted octanol–water partition coefficient (Wildman–Crippen LogP) is 25.0. The first kappa shape index (κ1) is 79.6. The predicted molar refractivity (Wildman–Crippen MR) is 362 cm³/mol. The van der Waals surface area contributed by atoms with Gasteiger partial charge >= 0.3 is 17.9 Å². The Morgan fingerprint density at radius 1 is 0.253 bits per heavy atom. The number of carbonyl (C=O) groups excluding carboxylic acids is 3. The van der Waals surface area contributed by atoms with Crippen molar-refractivity contribution in [2.24, 2.45) is 0 Å². The first-order chi connectivity index (χ1) is 41.0. The summed E-state index contributed by atoms with van der Waals surface area (Å²) in [6, 6.07) is 0. The van der Waals surface area contributed by atoms with Crippen LogP contribution >= 0.6 is 0 Å². The fourth-order valence-corrected chi connectivity index (χ4v) is 10.5. The highest BCUT2D eigenvalue weighted by molar-refractivity contribution is 5.71. The fraction of sp³-hybridized carbons (Fsp3) is 0.779. The zero-order valence-corrected chi connectivity index (χ0v) is 55.2. The van der Waals surface area contributed by atoms with E-state index in [1.165, 1.54) is 212 Å². The molecule has 0 heterocycles. The van der Waals surface area contributed by atoms with Gasteiger partial charge in [0.15, 0.2) is 6.10 Å². The van der Waals surface area contributed by atoms with Crippen LogP contribution in [-0.2, 0) is 28.6 Å². The molecule has 0 saturated carbocycles. The summed E-state index contributed by atoms with van der Waals surface area (Å²) in [5.74, 6) is -0.881. The molecule has 0 N–H and O–H groups in total. The molecule has 0 radical (unpaired) electrons. The minimum atomic E-state index is -0.789. The molecule has 1 atom stereocenters. The number of hydrogen-bond donors (Lipinski definition) is 0. The molecular formula is C77H136O6. The van der Waals surface area contributed by atoms with Gasteiger partial charge in [0.1, 0.15) is 13.2 Å². The minimum absolute atomic E-state index is 0.0816. The van der Waals surface area contributed by atoms with Crippen LogP contribution in [0.4, 0.5) is 0 Å². The van der Waals surface area contributed by atoms with Gasteiger partial charge in [0, 0.05) is 19.3 Å². The van der Waals surface area contributed by atoms with Gasteiger partial charge in [-0.25, -0.2) is 0 Å². The molecule has 0 fully saturated rings. The maximum atomic E-state index is 13.0. The van der Waals surface area contributed by atoms with Crippen molar-refractivity contribution in [2.75, 3.05) is 13.2 Å². The van der Waals surface area contributed by atoms with Gasteiger partial charge < -0.3 is 14.2 Å². The van der Waals surface area contributed by atoms with Crippen LogP contribution in [0.5, 0.6) is 0 Å². The van der Waals surface area contributed by atoms with Crippen molar-refractivity contribution in [1.29, 1.82) is 0 Å². The molecule has 83 heavy (non-hydrogen) atoms. The molecule has 0 aromatic carbocycles. The quantitative estimate of drug-likeness (QED) is 0.0261. The van der Waals surface area contributed by atoms with E-state index in [1.54, 1.807) is 0 Å². The average Bonchev–Trinajstić information content (AvgIpc) is 3.49. The molecule has 0 amide bonds. The monoisotopic (exact) mass is 1160 g/mol. The van der Waals surface area contributed by atoms with Gasteiger partial charge in [-0.2, -0.15) is 0 Å². The van der Waals surface area contributed by atoms with E-state index >= 15 is 0 Å². The maximum absolute atomic E-state index is 13.0. The average molecular weight is 1160 g/mol. The largest absolute Gasteiger partial charge is 0.462 e. The Morgan fingerprint density at radius 3 is 0.735 bits per heavy atom. The zero-order chi connectivity index (χ0) is 59.9. The number of unbranched alkanes of at least 4 members (excludes halogenated alkanes) is 41. The number of hydrogen-bond acceptors (Lipinski definition) is 6. The summed E-state index contributed by atoms with van der Waals surface area (Å²) >= 11 is 0. The van der Waals surface area contributed by atoms with Crippen LogP contribution in [0, 0.1) is 0 Å². The van der Waals surface area contributed by atoms with Gasteiger partial charge in [0.25, 0.3) is 0 Å². The van der Waals surface area contributed by atoms with Gasteiger partial charge in [-0.15, -0.1) is 0 Å². The van der Waals surface area contributed by atoms with E-state index in [-0.39, 0.29) is 31.1 Å². The highest BCUT2D eigenvalue weighted by Gasteiger charge is 2.19. The molecule has 0 bridgehead atoms. The van der Waals surface area contributed by atoms with Crippen molar-refractivity contribution in [2.45, 2.75) is 374 Å². The lowest BCUT2D eigenvalue weighted by molar-refractivity contribution is -0.167. The summed E-state index contributed by atoms with van der Waals surface area (Å²) in [6.45, 7) is 6.56. The molecule has 0 saturated heterocycles. The van der Waals surface area contributed by atoms with E-state index in [4.69, 9.17) is 14.2 Å². The van der Waals surface area contributed by atoms with Crippen molar-refractivity contribution >= 4 is 17.9 Å². The molecule has 0 aliphatic rings. The van der Waals surface area contributed by atoms with Gasteiger partial charge in [0.05, 0.1) is 0 Å². The number of ether oxygens (including phenoxy) is 3. The summed E-state index contributed by atoms with van der Waals surface area (Å²) in [6.07, 6.45) is 94.6. The Balaban J connectivity index is 4.39. The fourth-order valence-electron chi connectivity index (χ4n) is 10.5. The first-order valence-corrected chi connectivity index (χ1v) is 36.1. The van der Waals surface area contributed by atoms with Crippen LogP contribution in [0.15, 0.2) is 85.1 Å².